The smallest absolute Gasteiger partial charge is 0.328 e. The van der Waals surface area contributed by atoms with Crippen molar-refractivity contribution in [1.82, 2.24) is 5.32 Å². The second-order valence-electron chi connectivity index (χ2n) is 7.51. The van der Waals surface area contributed by atoms with Gasteiger partial charge >= 0.3 is 5.97 Å². The van der Waals surface area contributed by atoms with E-state index in [1.807, 2.05) is 60.7 Å². The van der Waals surface area contributed by atoms with Crippen LogP contribution in [0.25, 0.3) is 5.76 Å². The molecule has 0 spiro atoms. The van der Waals surface area contributed by atoms with Gasteiger partial charge in [0.05, 0.1) is 18.7 Å². The summed E-state index contributed by atoms with van der Waals surface area (Å²) in [4.78, 5) is 24.6. The number of carbonyl (C=O) groups excluding carboxylic acids is 2. The highest BCUT2D eigenvalue weighted by atomic mass is 16.5. The van der Waals surface area contributed by atoms with E-state index in [1.54, 1.807) is 24.3 Å². The summed E-state index contributed by atoms with van der Waals surface area (Å²) in [7, 11) is 1.24. The maximum absolute atomic E-state index is 12.5. The number of hydrogen-bond donors (Lipinski definition) is 2. The van der Waals surface area contributed by atoms with Gasteiger partial charge in [-0.05, 0) is 35.4 Å². The van der Waals surface area contributed by atoms with Gasteiger partial charge in [0.2, 0.25) is 0 Å². The second-order valence-corrected chi connectivity index (χ2v) is 7.51. The Balaban J connectivity index is 1.60. The summed E-state index contributed by atoms with van der Waals surface area (Å²) in [5, 5.41) is 18.8. The van der Waals surface area contributed by atoms with Crippen LogP contribution in [0.1, 0.15) is 16.7 Å². The quantitative estimate of drug-likeness (QED) is 0.210. The van der Waals surface area contributed by atoms with Crippen molar-refractivity contribution in [2.75, 3.05) is 7.11 Å². The van der Waals surface area contributed by atoms with Gasteiger partial charge in [-0.2, -0.15) is 0 Å². The lowest BCUT2D eigenvalue weighted by molar-refractivity contribution is -0.144. The zero-order chi connectivity index (χ0) is 24.3. The summed E-state index contributed by atoms with van der Waals surface area (Å²) in [6.45, 7) is 0.429. The standard InChI is InChI=1S/C27H26N2O5/c1-33-27(32)24(16-19-8-4-2-5-9-19)29-26(31)23(28)17-25(30)21-12-14-22(15-13-21)34-18-20-10-6-3-7-11-20/h2-15,17,24,28,30H,16,18H2,1H3,(H,29,31)/p+1/b25-17-,28-23?. The van der Waals surface area contributed by atoms with Gasteiger partial charge in [-0.1, -0.05) is 60.7 Å². The number of benzene rings is 3. The van der Waals surface area contributed by atoms with Crippen LogP contribution in [0.5, 0.6) is 5.75 Å². The van der Waals surface area contributed by atoms with Crippen molar-refractivity contribution in [2.45, 2.75) is 19.1 Å². The van der Waals surface area contributed by atoms with Crippen LogP contribution in [-0.4, -0.2) is 35.8 Å². The van der Waals surface area contributed by atoms with Crippen molar-refractivity contribution >= 4 is 23.3 Å². The number of rotatable bonds is 10. The maximum Gasteiger partial charge on any atom is 0.328 e. The molecule has 1 amide bonds. The van der Waals surface area contributed by atoms with Gasteiger partial charge < -0.3 is 19.9 Å². The third kappa shape index (κ3) is 7.06. The molecule has 0 aliphatic heterocycles. The molecule has 174 valence electrons. The van der Waals surface area contributed by atoms with Crippen molar-refractivity contribution < 1.29 is 24.2 Å². The SMILES string of the molecule is COC(=O)C(Cc1ccccc1)NC(=O)C(=N)/C=C(\[OH2+])c1ccc(OCc2ccccc2)cc1. The molecule has 0 aliphatic carbocycles. The molecular formula is C27H27N2O5+. The van der Waals surface area contributed by atoms with Gasteiger partial charge in [0.25, 0.3) is 11.7 Å². The molecule has 0 aliphatic rings. The van der Waals surface area contributed by atoms with Gasteiger partial charge in [-0.15, -0.1) is 0 Å². The van der Waals surface area contributed by atoms with E-state index in [0.717, 1.165) is 17.2 Å². The Labute approximate surface area is 198 Å². The topological polar surface area (TPSA) is 111 Å². The molecule has 7 nitrogen and oxygen atoms in total. The molecule has 4 N–H and O–H groups in total. The lowest BCUT2D eigenvalue weighted by Crippen LogP contribution is -2.45. The summed E-state index contributed by atoms with van der Waals surface area (Å²) in [6, 6.07) is 24.9. The fourth-order valence-electron chi connectivity index (χ4n) is 3.19. The van der Waals surface area contributed by atoms with Crippen LogP contribution in [0.15, 0.2) is 91.0 Å². The lowest BCUT2D eigenvalue weighted by atomic mass is 10.1. The first-order chi connectivity index (χ1) is 16.5. The zero-order valence-corrected chi connectivity index (χ0v) is 18.8. The molecule has 1 atom stereocenters. The van der Waals surface area contributed by atoms with E-state index in [2.05, 4.69) is 5.32 Å². The first-order valence-corrected chi connectivity index (χ1v) is 10.7. The molecule has 3 aromatic carbocycles. The summed E-state index contributed by atoms with van der Waals surface area (Å²) in [5.41, 5.74) is 1.98. The average Bonchev–Trinajstić information content (AvgIpc) is 2.88. The average molecular weight is 460 g/mol. The Morgan fingerprint density at radius 3 is 2.12 bits per heavy atom. The molecule has 0 saturated heterocycles. The minimum Gasteiger partial charge on any atom is -0.593 e. The van der Waals surface area contributed by atoms with Crippen LogP contribution < -0.4 is 10.1 Å². The Morgan fingerprint density at radius 2 is 1.53 bits per heavy atom. The molecule has 3 rings (SSSR count). The predicted octanol–water partition coefficient (Wildman–Crippen LogP) is 3.25. The summed E-state index contributed by atoms with van der Waals surface area (Å²) in [5.74, 6) is -0.729. The number of ether oxygens (including phenoxy) is 2. The number of carbonyl (C=O) groups is 2. The Kier molecular flexibility index (Phi) is 8.57. The monoisotopic (exact) mass is 459 g/mol. The fraction of sp³-hybridized carbons (Fsp3) is 0.148. The van der Waals surface area contributed by atoms with Gasteiger partial charge in [0.15, 0.2) is 0 Å². The maximum atomic E-state index is 12.5. The van der Waals surface area contributed by atoms with E-state index in [4.69, 9.17) is 20.0 Å². The van der Waals surface area contributed by atoms with Gasteiger partial charge in [0, 0.05) is 6.42 Å². The molecule has 0 fully saturated rings. The first-order valence-electron chi connectivity index (χ1n) is 10.7. The predicted molar refractivity (Wildman–Crippen MR) is 131 cm³/mol. The van der Waals surface area contributed by atoms with E-state index < -0.39 is 23.6 Å². The third-order valence-electron chi connectivity index (χ3n) is 5.02. The van der Waals surface area contributed by atoms with Crippen molar-refractivity contribution in [3.05, 3.63) is 108 Å². The molecule has 1 unspecified atom stereocenters. The largest absolute Gasteiger partial charge is 0.593 e. The van der Waals surface area contributed by atoms with E-state index in [-0.39, 0.29) is 12.2 Å². The Hall–Kier alpha value is -4.39. The first kappa shape index (κ1) is 24.3. The van der Waals surface area contributed by atoms with E-state index in [0.29, 0.717) is 17.9 Å². The van der Waals surface area contributed by atoms with Crippen molar-refractivity contribution in [2.24, 2.45) is 0 Å². The minimum atomic E-state index is -0.941. The van der Waals surface area contributed by atoms with Crippen molar-refractivity contribution in [1.29, 1.82) is 5.41 Å². The summed E-state index contributed by atoms with van der Waals surface area (Å²) >= 11 is 0. The molecule has 0 aromatic heterocycles. The van der Waals surface area contributed by atoms with Crippen LogP contribution in [-0.2, 0) is 27.4 Å². The minimum absolute atomic E-state index is 0.00700. The number of hydrogen-bond acceptors (Lipinski definition) is 5. The van der Waals surface area contributed by atoms with Crippen molar-refractivity contribution in [3.8, 4) is 5.75 Å². The molecule has 0 bridgehead atoms. The number of nitrogens with one attached hydrogen (secondary N) is 2. The lowest BCUT2D eigenvalue weighted by Gasteiger charge is -2.16. The van der Waals surface area contributed by atoms with E-state index in [9.17, 15) is 9.59 Å². The number of amides is 1. The second kappa shape index (κ2) is 12.0. The third-order valence-corrected chi connectivity index (χ3v) is 5.02. The number of esters is 1. The highest BCUT2D eigenvalue weighted by Crippen LogP contribution is 2.18. The Bertz CT molecular complexity index is 1140. The van der Waals surface area contributed by atoms with E-state index in [1.165, 1.54) is 7.11 Å². The van der Waals surface area contributed by atoms with E-state index >= 15 is 0 Å². The highest BCUT2D eigenvalue weighted by molar-refractivity contribution is 6.43. The molecule has 0 radical (unpaired) electrons. The normalized spacial score (nSPS) is 11.9. The van der Waals surface area contributed by atoms with Crippen LogP contribution >= 0.6 is 0 Å². The fourth-order valence-corrected chi connectivity index (χ4v) is 3.19. The summed E-state index contributed by atoms with van der Waals surface area (Å²) in [6.07, 6.45) is 1.38. The van der Waals surface area contributed by atoms with Crippen LogP contribution in [0.4, 0.5) is 0 Å². The van der Waals surface area contributed by atoms with Gasteiger partial charge in [0.1, 0.15) is 24.1 Å². The van der Waals surface area contributed by atoms with Crippen LogP contribution in [0.3, 0.4) is 0 Å². The molecule has 0 heterocycles. The zero-order valence-electron chi connectivity index (χ0n) is 18.8. The van der Waals surface area contributed by atoms with Gasteiger partial charge in [-0.3, -0.25) is 10.2 Å². The Morgan fingerprint density at radius 1 is 0.941 bits per heavy atom. The molecule has 3 aromatic rings. The molecular weight excluding hydrogens is 432 g/mol. The summed E-state index contributed by atoms with van der Waals surface area (Å²) < 4.78 is 10.5. The molecule has 7 heteroatoms. The van der Waals surface area contributed by atoms with Crippen LogP contribution in [0, 0.1) is 5.41 Å². The number of methoxy groups -OCH3 is 1. The van der Waals surface area contributed by atoms with Crippen molar-refractivity contribution in [3.63, 3.8) is 0 Å². The van der Waals surface area contributed by atoms with Crippen LogP contribution in [0.2, 0.25) is 0 Å². The molecule has 34 heavy (non-hydrogen) atoms. The van der Waals surface area contributed by atoms with Gasteiger partial charge in [-0.25, -0.2) is 4.79 Å². The highest BCUT2D eigenvalue weighted by Gasteiger charge is 2.24. The molecule has 0 saturated carbocycles.